The Morgan fingerprint density at radius 2 is 2.25 bits per heavy atom. The Labute approximate surface area is 93.4 Å². The van der Waals surface area contributed by atoms with Crippen LogP contribution in [0.1, 0.15) is 12.0 Å². The molecule has 82 valence electrons. The van der Waals surface area contributed by atoms with Crippen LogP contribution in [0.5, 0.6) is 5.75 Å². The number of carbonyl (C=O) groups is 1. The lowest BCUT2D eigenvalue weighted by Crippen LogP contribution is -2.09. The number of nitriles is 1. The summed E-state index contributed by atoms with van der Waals surface area (Å²) in [6, 6.07) is 9.05. The first-order chi connectivity index (χ1) is 7.74. The van der Waals surface area contributed by atoms with Crippen molar-refractivity contribution in [3.8, 4) is 11.8 Å². The van der Waals surface area contributed by atoms with Crippen molar-refractivity contribution < 1.29 is 14.6 Å². The first-order valence-electron chi connectivity index (χ1n) is 4.71. The topological polar surface area (TPSA) is 70.3 Å². The van der Waals surface area contributed by atoms with Crippen LogP contribution in [-0.4, -0.2) is 17.7 Å². The van der Waals surface area contributed by atoms with Gasteiger partial charge in [-0.3, -0.25) is 0 Å². The Morgan fingerprint density at radius 3 is 2.94 bits per heavy atom. The standard InChI is InChI=1S/C12H11NO3/c13-8-4-3-6-10-5-1-2-7-11(10)16-9-12(14)15/h1-3,5-7H,4,9H2,(H,14,15). The Morgan fingerprint density at radius 1 is 1.50 bits per heavy atom. The van der Waals surface area contributed by atoms with Crippen LogP contribution in [0, 0.1) is 11.3 Å². The molecule has 0 unspecified atom stereocenters. The van der Waals surface area contributed by atoms with Gasteiger partial charge in [-0.25, -0.2) is 4.79 Å². The van der Waals surface area contributed by atoms with Gasteiger partial charge >= 0.3 is 5.97 Å². The molecule has 0 radical (unpaired) electrons. The van der Waals surface area contributed by atoms with Gasteiger partial charge in [-0.15, -0.1) is 0 Å². The molecule has 1 aromatic carbocycles. The summed E-state index contributed by atoms with van der Waals surface area (Å²) in [5, 5.41) is 16.9. The van der Waals surface area contributed by atoms with Gasteiger partial charge in [-0.2, -0.15) is 5.26 Å². The Kier molecular flexibility index (Phi) is 4.61. The summed E-state index contributed by atoms with van der Waals surface area (Å²) < 4.78 is 5.10. The summed E-state index contributed by atoms with van der Waals surface area (Å²) in [6.45, 7) is -0.372. The van der Waals surface area contributed by atoms with Crippen LogP contribution in [0.2, 0.25) is 0 Å². The lowest BCUT2D eigenvalue weighted by Gasteiger charge is -2.06. The first kappa shape index (κ1) is 11.8. The van der Waals surface area contributed by atoms with Gasteiger partial charge in [0.05, 0.1) is 12.5 Å². The molecule has 1 aromatic rings. The normalized spacial score (nSPS) is 9.94. The molecule has 1 rings (SSSR count). The highest BCUT2D eigenvalue weighted by Crippen LogP contribution is 2.19. The molecule has 0 aliphatic heterocycles. The Bertz CT molecular complexity index is 432. The van der Waals surface area contributed by atoms with Gasteiger partial charge in [0.15, 0.2) is 6.61 Å². The van der Waals surface area contributed by atoms with Gasteiger partial charge in [0, 0.05) is 5.56 Å². The van der Waals surface area contributed by atoms with Crippen molar-refractivity contribution in [3.05, 3.63) is 35.9 Å². The molecule has 0 bridgehead atoms. The predicted octanol–water partition coefficient (Wildman–Crippen LogP) is 2.08. The molecule has 0 heterocycles. The van der Waals surface area contributed by atoms with E-state index < -0.39 is 5.97 Å². The molecule has 0 amide bonds. The van der Waals surface area contributed by atoms with Crippen LogP contribution in [-0.2, 0) is 4.79 Å². The minimum Gasteiger partial charge on any atom is -0.481 e. The molecule has 1 N–H and O–H groups in total. The number of benzene rings is 1. The van der Waals surface area contributed by atoms with Gasteiger partial charge in [-0.05, 0) is 6.07 Å². The number of aliphatic carboxylic acids is 1. The van der Waals surface area contributed by atoms with Crippen LogP contribution in [0.4, 0.5) is 0 Å². The number of carboxylic acid groups (broad SMARTS) is 1. The molecule has 0 saturated heterocycles. The fraction of sp³-hybridized carbons (Fsp3) is 0.167. The minimum atomic E-state index is -1.02. The minimum absolute atomic E-state index is 0.313. The van der Waals surface area contributed by atoms with E-state index in [1.165, 1.54) is 0 Å². The van der Waals surface area contributed by atoms with Gasteiger partial charge in [0.2, 0.25) is 0 Å². The number of carboxylic acids is 1. The maximum atomic E-state index is 10.4. The molecule has 0 saturated carbocycles. The lowest BCUT2D eigenvalue weighted by molar-refractivity contribution is -0.139. The lowest BCUT2D eigenvalue weighted by atomic mass is 10.2. The van der Waals surface area contributed by atoms with E-state index in [0.717, 1.165) is 5.56 Å². The van der Waals surface area contributed by atoms with Crippen molar-refractivity contribution in [2.45, 2.75) is 6.42 Å². The van der Waals surface area contributed by atoms with Crippen molar-refractivity contribution in [2.75, 3.05) is 6.61 Å². The summed E-state index contributed by atoms with van der Waals surface area (Å²) in [7, 11) is 0. The van der Waals surface area contributed by atoms with Crippen LogP contribution in [0.3, 0.4) is 0 Å². The van der Waals surface area contributed by atoms with Gasteiger partial charge in [0.1, 0.15) is 5.75 Å². The quantitative estimate of drug-likeness (QED) is 0.819. The zero-order chi connectivity index (χ0) is 11.8. The molecular weight excluding hydrogens is 206 g/mol. The summed E-state index contributed by atoms with van der Waals surface area (Å²) in [4.78, 5) is 10.4. The average Bonchev–Trinajstić information content (AvgIpc) is 2.28. The van der Waals surface area contributed by atoms with E-state index in [9.17, 15) is 4.79 Å². The number of para-hydroxylation sites is 1. The third-order valence-corrected chi connectivity index (χ3v) is 1.78. The number of rotatable bonds is 5. The van der Waals surface area contributed by atoms with E-state index in [1.54, 1.807) is 30.4 Å². The molecule has 4 nitrogen and oxygen atoms in total. The van der Waals surface area contributed by atoms with E-state index in [1.807, 2.05) is 12.1 Å². The fourth-order valence-corrected chi connectivity index (χ4v) is 1.13. The number of hydrogen-bond donors (Lipinski definition) is 1. The van der Waals surface area contributed by atoms with Crippen molar-refractivity contribution in [1.82, 2.24) is 0 Å². The molecule has 0 spiro atoms. The number of allylic oxidation sites excluding steroid dienone is 1. The average molecular weight is 217 g/mol. The van der Waals surface area contributed by atoms with E-state index in [2.05, 4.69) is 0 Å². The molecule has 16 heavy (non-hydrogen) atoms. The predicted molar refractivity (Wildman–Crippen MR) is 58.8 cm³/mol. The monoisotopic (exact) mass is 217 g/mol. The Balaban J connectivity index is 2.75. The van der Waals surface area contributed by atoms with Crippen LogP contribution in [0.25, 0.3) is 6.08 Å². The molecular formula is C12H11NO3. The van der Waals surface area contributed by atoms with Crippen molar-refractivity contribution in [1.29, 1.82) is 5.26 Å². The third kappa shape index (κ3) is 3.84. The zero-order valence-electron chi connectivity index (χ0n) is 8.59. The van der Waals surface area contributed by atoms with Crippen molar-refractivity contribution in [3.63, 3.8) is 0 Å². The number of nitrogens with zero attached hydrogens (tertiary/aromatic N) is 1. The van der Waals surface area contributed by atoms with E-state index in [-0.39, 0.29) is 6.61 Å². The van der Waals surface area contributed by atoms with Gasteiger partial charge < -0.3 is 9.84 Å². The van der Waals surface area contributed by atoms with Crippen LogP contribution in [0.15, 0.2) is 30.3 Å². The smallest absolute Gasteiger partial charge is 0.341 e. The molecule has 0 fully saturated rings. The van der Waals surface area contributed by atoms with E-state index >= 15 is 0 Å². The maximum Gasteiger partial charge on any atom is 0.341 e. The van der Waals surface area contributed by atoms with Crippen molar-refractivity contribution in [2.24, 2.45) is 0 Å². The highest BCUT2D eigenvalue weighted by atomic mass is 16.5. The molecule has 0 aromatic heterocycles. The SMILES string of the molecule is N#CCC=Cc1ccccc1OCC(=O)O. The molecule has 0 aliphatic carbocycles. The summed E-state index contributed by atoms with van der Waals surface area (Å²) in [5.41, 5.74) is 0.763. The third-order valence-electron chi connectivity index (χ3n) is 1.78. The van der Waals surface area contributed by atoms with Crippen LogP contribution >= 0.6 is 0 Å². The second-order valence-corrected chi connectivity index (χ2v) is 2.98. The first-order valence-corrected chi connectivity index (χ1v) is 4.71. The summed E-state index contributed by atoms with van der Waals surface area (Å²) in [6.07, 6.45) is 3.75. The van der Waals surface area contributed by atoms with Gasteiger partial charge in [-0.1, -0.05) is 30.4 Å². The number of ether oxygens (including phenoxy) is 1. The molecule has 0 aliphatic rings. The highest BCUT2D eigenvalue weighted by Gasteiger charge is 2.02. The van der Waals surface area contributed by atoms with E-state index in [0.29, 0.717) is 12.2 Å². The summed E-state index contributed by atoms with van der Waals surface area (Å²) >= 11 is 0. The zero-order valence-corrected chi connectivity index (χ0v) is 8.59. The van der Waals surface area contributed by atoms with E-state index in [4.69, 9.17) is 15.1 Å². The highest BCUT2D eigenvalue weighted by molar-refractivity contribution is 5.69. The fourth-order valence-electron chi connectivity index (χ4n) is 1.13. The van der Waals surface area contributed by atoms with Crippen molar-refractivity contribution >= 4 is 12.0 Å². The second-order valence-electron chi connectivity index (χ2n) is 2.98. The van der Waals surface area contributed by atoms with Gasteiger partial charge in [0.25, 0.3) is 0 Å². The second kappa shape index (κ2) is 6.25. The van der Waals surface area contributed by atoms with Crippen LogP contribution < -0.4 is 4.74 Å². The largest absolute Gasteiger partial charge is 0.481 e. The molecule has 0 atom stereocenters. The number of hydrogen-bond acceptors (Lipinski definition) is 3. The summed E-state index contributed by atoms with van der Waals surface area (Å²) in [5.74, 6) is -0.519. The molecule has 4 heteroatoms. The Hall–Kier alpha value is -2.28. The maximum absolute atomic E-state index is 10.4.